The molecule has 2 rings (SSSR count). The van der Waals surface area contributed by atoms with Crippen LogP contribution in [0, 0.1) is 3.57 Å². The highest BCUT2D eigenvalue weighted by Gasteiger charge is 2.04. The topological polar surface area (TPSA) is 50.7 Å². The van der Waals surface area contributed by atoms with Crippen molar-refractivity contribution in [3.05, 3.63) is 63.2 Å². The lowest BCUT2D eigenvalue weighted by atomic mass is 10.2. The largest absolute Gasteiger partial charge is 0.494 e. The Kier molecular flexibility index (Phi) is 6.39. The highest BCUT2D eigenvalue weighted by molar-refractivity contribution is 14.1. The molecule has 0 radical (unpaired) electrons. The SMILES string of the molecule is CCCOc1ccc(C(=O)N/N=C/c2ccc(I)cc2)cc1. The number of ether oxygens (including phenoxy) is 1. The number of nitrogens with one attached hydrogen (secondary N) is 1. The molecule has 0 aromatic heterocycles. The first-order valence-electron chi connectivity index (χ1n) is 7.01. The Morgan fingerprint density at radius 2 is 1.86 bits per heavy atom. The van der Waals surface area contributed by atoms with Crippen molar-refractivity contribution in [2.24, 2.45) is 5.10 Å². The van der Waals surface area contributed by atoms with Gasteiger partial charge in [-0.1, -0.05) is 19.1 Å². The lowest BCUT2D eigenvalue weighted by Crippen LogP contribution is -2.17. The van der Waals surface area contributed by atoms with Gasteiger partial charge in [0.2, 0.25) is 0 Å². The van der Waals surface area contributed by atoms with Gasteiger partial charge in [0.1, 0.15) is 5.75 Å². The van der Waals surface area contributed by atoms with E-state index in [0.29, 0.717) is 12.2 Å². The van der Waals surface area contributed by atoms with Crippen molar-refractivity contribution in [3.63, 3.8) is 0 Å². The summed E-state index contributed by atoms with van der Waals surface area (Å²) in [5.41, 5.74) is 3.99. The molecule has 0 aliphatic carbocycles. The van der Waals surface area contributed by atoms with Gasteiger partial charge in [0.05, 0.1) is 12.8 Å². The van der Waals surface area contributed by atoms with Gasteiger partial charge in [-0.25, -0.2) is 5.43 Å². The molecule has 0 fully saturated rings. The second kappa shape index (κ2) is 8.53. The Labute approximate surface area is 143 Å². The zero-order valence-electron chi connectivity index (χ0n) is 12.3. The molecular weight excluding hydrogens is 391 g/mol. The lowest BCUT2D eigenvalue weighted by Gasteiger charge is -2.05. The van der Waals surface area contributed by atoms with Crippen LogP contribution >= 0.6 is 22.6 Å². The maximum absolute atomic E-state index is 11.9. The molecular formula is C17H17IN2O2. The van der Waals surface area contributed by atoms with Crippen LogP contribution in [0.25, 0.3) is 0 Å². The van der Waals surface area contributed by atoms with Crippen molar-refractivity contribution in [1.29, 1.82) is 0 Å². The molecule has 114 valence electrons. The normalized spacial score (nSPS) is 10.6. The number of hydrogen-bond acceptors (Lipinski definition) is 3. The first kappa shape index (κ1) is 16.5. The van der Waals surface area contributed by atoms with E-state index in [-0.39, 0.29) is 5.91 Å². The first-order chi connectivity index (χ1) is 10.7. The molecule has 22 heavy (non-hydrogen) atoms. The van der Waals surface area contributed by atoms with Gasteiger partial charge in [-0.3, -0.25) is 4.79 Å². The number of hydrogen-bond donors (Lipinski definition) is 1. The third-order valence-electron chi connectivity index (χ3n) is 2.84. The van der Waals surface area contributed by atoms with Crippen LogP contribution in [0.3, 0.4) is 0 Å². The molecule has 0 atom stereocenters. The highest BCUT2D eigenvalue weighted by atomic mass is 127. The number of benzene rings is 2. The third kappa shape index (κ3) is 5.14. The van der Waals surface area contributed by atoms with Crippen molar-refractivity contribution in [2.75, 3.05) is 6.61 Å². The molecule has 1 amide bonds. The van der Waals surface area contributed by atoms with Gasteiger partial charge >= 0.3 is 0 Å². The van der Waals surface area contributed by atoms with E-state index in [0.717, 1.165) is 21.3 Å². The van der Waals surface area contributed by atoms with Gasteiger partial charge < -0.3 is 4.74 Å². The molecule has 0 saturated heterocycles. The molecule has 0 unspecified atom stereocenters. The zero-order valence-corrected chi connectivity index (χ0v) is 14.4. The summed E-state index contributed by atoms with van der Waals surface area (Å²) in [4.78, 5) is 11.9. The van der Waals surface area contributed by atoms with E-state index in [1.807, 2.05) is 31.2 Å². The van der Waals surface area contributed by atoms with Crippen LogP contribution in [-0.2, 0) is 0 Å². The first-order valence-corrected chi connectivity index (χ1v) is 8.08. The van der Waals surface area contributed by atoms with Gasteiger partial charge in [-0.2, -0.15) is 5.10 Å². The maximum atomic E-state index is 11.9. The second-order valence-electron chi connectivity index (χ2n) is 4.62. The van der Waals surface area contributed by atoms with E-state index in [1.165, 1.54) is 0 Å². The number of carbonyl (C=O) groups excluding carboxylic acids is 1. The minimum absolute atomic E-state index is 0.246. The van der Waals surface area contributed by atoms with Gasteiger partial charge in [-0.15, -0.1) is 0 Å². The van der Waals surface area contributed by atoms with Crippen LogP contribution in [0.1, 0.15) is 29.3 Å². The van der Waals surface area contributed by atoms with E-state index in [4.69, 9.17) is 4.74 Å². The predicted molar refractivity (Wildman–Crippen MR) is 96.4 cm³/mol. The Hall–Kier alpha value is -1.89. The average molecular weight is 408 g/mol. The lowest BCUT2D eigenvalue weighted by molar-refractivity contribution is 0.0955. The summed E-state index contributed by atoms with van der Waals surface area (Å²) in [5, 5.41) is 3.96. The summed E-state index contributed by atoms with van der Waals surface area (Å²) < 4.78 is 6.63. The smallest absolute Gasteiger partial charge is 0.271 e. The number of halogens is 1. The van der Waals surface area contributed by atoms with Crippen LogP contribution in [0.2, 0.25) is 0 Å². The zero-order chi connectivity index (χ0) is 15.8. The Balaban J connectivity index is 1.90. The van der Waals surface area contributed by atoms with Gasteiger partial charge in [0.15, 0.2) is 0 Å². The Morgan fingerprint density at radius 3 is 2.50 bits per heavy atom. The minimum atomic E-state index is -0.246. The third-order valence-corrected chi connectivity index (χ3v) is 3.56. The monoisotopic (exact) mass is 408 g/mol. The Morgan fingerprint density at radius 1 is 1.18 bits per heavy atom. The van der Waals surface area contributed by atoms with Crippen molar-refractivity contribution in [1.82, 2.24) is 5.43 Å². The van der Waals surface area contributed by atoms with Gasteiger partial charge in [0.25, 0.3) is 5.91 Å². The van der Waals surface area contributed by atoms with Crippen LogP contribution in [-0.4, -0.2) is 18.7 Å². The van der Waals surface area contributed by atoms with E-state index in [9.17, 15) is 4.79 Å². The minimum Gasteiger partial charge on any atom is -0.494 e. The number of nitrogens with zero attached hydrogens (tertiary/aromatic N) is 1. The van der Waals surface area contributed by atoms with E-state index in [1.54, 1.807) is 30.5 Å². The number of rotatable bonds is 6. The summed E-state index contributed by atoms with van der Waals surface area (Å²) in [6.07, 6.45) is 2.57. The summed E-state index contributed by atoms with van der Waals surface area (Å²) in [6.45, 7) is 2.72. The van der Waals surface area contributed by atoms with E-state index < -0.39 is 0 Å². The fourth-order valence-electron chi connectivity index (χ4n) is 1.70. The summed E-state index contributed by atoms with van der Waals surface area (Å²) in [5.74, 6) is 0.518. The molecule has 5 heteroatoms. The number of hydrazone groups is 1. The summed E-state index contributed by atoms with van der Waals surface area (Å²) in [7, 11) is 0. The van der Waals surface area contributed by atoms with Crippen molar-refractivity contribution < 1.29 is 9.53 Å². The molecule has 0 heterocycles. The quantitative estimate of drug-likeness (QED) is 0.449. The number of carbonyl (C=O) groups is 1. The second-order valence-corrected chi connectivity index (χ2v) is 5.87. The maximum Gasteiger partial charge on any atom is 0.271 e. The molecule has 2 aromatic carbocycles. The highest BCUT2D eigenvalue weighted by Crippen LogP contribution is 2.12. The molecule has 0 bridgehead atoms. The van der Waals surface area contributed by atoms with Crippen molar-refractivity contribution in [2.45, 2.75) is 13.3 Å². The van der Waals surface area contributed by atoms with E-state index >= 15 is 0 Å². The molecule has 1 N–H and O–H groups in total. The fourth-order valence-corrected chi connectivity index (χ4v) is 2.06. The predicted octanol–water partition coefficient (Wildman–Crippen LogP) is 3.84. The van der Waals surface area contributed by atoms with Crippen LogP contribution in [0.5, 0.6) is 5.75 Å². The number of amides is 1. The van der Waals surface area contributed by atoms with Crippen LogP contribution in [0.15, 0.2) is 53.6 Å². The molecule has 0 aliphatic heterocycles. The summed E-state index contributed by atoms with van der Waals surface area (Å²) in [6, 6.07) is 14.9. The van der Waals surface area contributed by atoms with Crippen LogP contribution in [0.4, 0.5) is 0 Å². The van der Waals surface area contributed by atoms with Crippen molar-refractivity contribution in [3.8, 4) is 5.75 Å². The molecule has 0 aliphatic rings. The Bertz CT molecular complexity index is 637. The van der Waals surface area contributed by atoms with Crippen LogP contribution < -0.4 is 10.2 Å². The standard InChI is InChI=1S/C17H17IN2O2/c1-2-11-22-16-9-5-14(6-10-16)17(21)20-19-12-13-3-7-15(18)8-4-13/h3-10,12H,2,11H2,1H3,(H,20,21)/b19-12+. The molecule has 0 saturated carbocycles. The average Bonchev–Trinajstić information content (AvgIpc) is 2.55. The molecule has 0 spiro atoms. The van der Waals surface area contributed by atoms with E-state index in [2.05, 4.69) is 33.1 Å². The van der Waals surface area contributed by atoms with Gasteiger partial charge in [-0.05, 0) is 71.0 Å². The molecule has 2 aromatic rings. The van der Waals surface area contributed by atoms with Crippen molar-refractivity contribution >= 4 is 34.7 Å². The molecule has 4 nitrogen and oxygen atoms in total. The summed E-state index contributed by atoms with van der Waals surface area (Å²) >= 11 is 2.24. The fraction of sp³-hybridized carbons (Fsp3) is 0.176. The van der Waals surface area contributed by atoms with Gasteiger partial charge in [0, 0.05) is 9.13 Å².